The molecule has 0 bridgehead atoms. The molecule has 0 spiro atoms. The zero-order valence-corrected chi connectivity index (χ0v) is 13.9. The molecule has 20 heavy (non-hydrogen) atoms. The molecule has 0 radical (unpaired) electrons. The molecular weight excluding hydrogens is 292 g/mol. The van der Waals surface area contributed by atoms with Gasteiger partial charge in [-0.15, -0.1) is 11.3 Å². The lowest BCUT2D eigenvalue weighted by Crippen LogP contribution is -2.40. The van der Waals surface area contributed by atoms with Gasteiger partial charge in [-0.05, 0) is 25.0 Å². The molecule has 0 saturated heterocycles. The van der Waals surface area contributed by atoms with Gasteiger partial charge in [0.15, 0.2) is 0 Å². The van der Waals surface area contributed by atoms with E-state index in [1.165, 1.54) is 11.3 Å². The van der Waals surface area contributed by atoms with Gasteiger partial charge in [-0.2, -0.15) is 5.26 Å². The minimum absolute atomic E-state index is 0.0757. The van der Waals surface area contributed by atoms with Crippen LogP contribution in [0.25, 0.3) is 0 Å². The molecule has 0 atom stereocenters. The number of nitriles is 1. The van der Waals surface area contributed by atoms with Gasteiger partial charge in [-0.1, -0.05) is 38.3 Å². The molecule has 1 aromatic rings. The minimum Gasteiger partial charge on any atom is -0.339 e. The van der Waals surface area contributed by atoms with Crippen molar-refractivity contribution in [3.8, 4) is 6.07 Å². The van der Waals surface area contributed by atoms with E-state index in [2.05, 4.69) is 6.07 Å². The van der Waals surface area contributed by atoms with Crippen molar-refractivity contribution >= 4 is 28.8 Å². The van der Waals surface area contributed by atoms with E-state index in [1.807, 2.05) is 26.0 Å². The van der Waals surface area contributed by atoms with Crippen molar-refractivity contribution in [3.05, 3.63) is 21.3 Å². The van der Waals surface area contributed by atoms with Crippen LogP contribution in [0.3, 0.4) is 0 Å². The number of hydrogen-bond acceptors (Lipinski definition) is 3. The highest BCUT2D eigenvalue weighted by molar-refractivity contribution is 7.16. The third-order valence-electron chi connectivity index (χ3n) is 3.35. The lowest BCUT2D eigenvalue weighted by molar-refractivity contribution is -0.139. The third kappa shape index (κ3) is 3.97. The number of amides is 1. The van der Waals surface area contributed by atoms with Crippen molar-refractivity contribution in [1.82, 2.24) is 4.90 Å². The summed E-state index contributed by atoms with van der Waals surface area (Å²) in [7, 11) is 1.76. The maximum Gasteiger partial charge on any atom is 0.243 e. The molecule has 0 N–H and O–H groups in total. The lowest BCUT2D eigenvalue weighted by atomic mass is 9.79. The standard InChI is InChI=1S/C15H21ClN2OS/c1-4-8-15(11-17,9-5-2)14(19)18(3)10-12-6-7-13(16)20-12/h6-7H,4-5,8-10H2,1-3H3. The molecular formula is C15H21ClN2OS. The first-order valence-corrected chi connectivity index (χ1v) is 8.09. The van der Waals surface area contributed by atoms with Gasteiger partial charge in [0.25, 0.3) is 0 Å². The average molecular weight is 313 g/mol. The fourth-order valence-electron chi connectivity index (χ4n) is 2.46. The van der Waals surface area contributed by atoms with Crippen LogP contribution in [0.2, 0.25) is 4.34 Å². The Labute approximate surface area is 130 Å². The number of carbonyl (C=O) groups excluding carboxylic acids is 1. The molecule has 1 aromatic heterocycles. The predicted molar refractivity (Wildman–Crippen MR) is 83.7 cm³/mol. The molecule has 1 heterocycles. The first-order chi connectivity index (χ1) is 9.49. The summed E-state index contributed by atoms with van der Waals surface area (Å²) < 4.78 is 0.717. The van der Waals surface area contributed by atoms with E-state index in [4.69, 9.17) is 11.6 Å². The van der Waals surface area contributed by atoms with Crippen molar-refractivity contribution in [1.29, 1.82) is 5.26 Å². The van der Waals surface area contributed by atoms with Crippen LogP contribution < -0.4 is 0 Å². The molecule has 0 saturated carbocycles. The third-order valence-corrected chi connectivity index (χ3v) is 4.56. The molecule has 1 amide bonds. The Morgan fingerprint density at radius 1 is 1.40 bits per heavy atom. The Morgan fingerprint density at radius 2 is 2.00 bits per heavy atom. The maximum absolute atomic E-state index is 12.7. The zero-order chi connectivity index (χ0) is 15.2. The number of rotatable bonds is 7. The molecule has 110 valence electrons. The topological polar surface area (TPSA) is 44.1 Å². The lowest BCUT2D eigenvalue weighted by Gasteiger charge is -2.29. The Hall–Kier alpha value is -1.05. The first kappa shape index (κ1) is 17.0. The van der Waals surface area contributed by atoms with Crippen molar-refractivity contribution < 1.29 is 4.79 Å². The van der Waals surface area contributed by atoms with E-state index in [-0.39, 0.29) is 5.91 Å². The molecule has 0 aromatic carbocycles. The second-order valence-corrected chi connectivity index (χ2v) is 6.86. The van der Waals surface area contributed by atoms with Gasteiger partial charge in [0, 0.05) is 11.9 Å². The maximum atomic E-state index is 12.7. The highest BCUT2D eigenvalue weighted by Gasteiger charge is 2.39. The molecule has 5 heteroatoms. The van der Waals surface area contributed by atoms with Crippen LogP contribution in [-0.2, 0) is 11.3 Å². The Balaban J connectivity index is 2.85. The average Bonchev–Trinajstić information content (AvgIpc) is 2.82. The molecule has 1 rings (SSSR count). The van der Waals surface area contributed by atoms with Crippen LogP contribution in [0, 0.1) is 16.7 Å². The van der Waals surface area contributed by atoms with Crippen LogP contribution in [0.15, 0.2) is 12.1 Å². The van der Waals surface area contributed by atoms with E-state index in [0.29, 0.717) is 19.4 Å². The van der Waals surface area contributed by atoms with Crippen LogP contribution in [0.4, 0.5) is 0 Å². The second-order valence-electron chi connectivity index (χ2n) is 5.06. The summed E-state index contributed by atoms with van der Waals surface area (Å²) in [6.07, 6.45) is 2.90. The van der Waals surface area contributed by atoms with E-state index >= 15 is 0 Å². The summed E-state index contributed by atoms with van der Waals surface area (Å²) in [5.41, 5.74) is -0.876. The summed E-state index contributed by atoms with van der Waals surface area (Å²) >= 11 is 7.37. The second kappa shape index (κ2) is 7.66. The summed E-state index contributed by atoms with van der Waals surface area (Å²) in [6, 6.07) is 6.03. The Bertz CT molecular complexity index is 486. The van der Waals surface area contributed by atoms with Crippen LogP contribution >= 0.6 is 22.9 Å². The van der Waals surface area contributed by atoms with Crippen molar-refractivity contribution in [2.24, 2.45) is 5.41 Å². The fourth-order valence-corrected chi connectivity index (χ4v) is 3.60. The summed E-state index contributed by atoms with van der Waals surface area (Å²) in [4.78, 5) is 15.3. The zero-order valence-electron chi connectivity index (χ0n) is 12.3. The van der Waals surface area contributed by atoms with Gasteiger partial charge in [-0.3, -0.25) is 4.79 Å². The van der Waals surface area contributed by atoms with Crippen molar-refractivity contribution in [2.75, 3.05) is 7.05 Å². The summed E-state index contributed by atoms with van der Waals surface area (Å²) in [6.45, 7) is 4.52. The Kier molecular flexibility index (Phi) is 6.51. The minimum atomic E-state index is -0.876. The monoisotopic (exact) mass is 312 g/mol. The first-order valence-electron chi connectivity index (χ1n) is 6.90. The predicted octanol–water partition coefficient (Wildman–Crippen LogP) is 4.47. The molecule has 0 aliphatic heterocycles. The number of halogens is 1. The summed E-state index contributed by atoms with van der Waals surface area (Å²) in [5, 5.41) is 9.51. The fraction of sp³-hybridized carbons (Fsp3) is 0.600. The SMILES string of the molecule is CCCC(C#N)(CCC)C(=O)N(C)Cc1ccc(Cl)s1. The van der Waals surface area contributed by atoms with Gasteiger partial charge in [0.2, 0.25) is 5.91 Å². The van der Waals surface area contributed by atoms with Gasteiger partial charge in [-0.25, -0.2) is 0 Å². The number of thiophene rings is 1. The number of carbonyl (C=O) groups is 1. The van der Waals surface area contributed by atoms with Gasteiger partial charge >= 0.3 is 0 Å². The highest BCUT2D eigenvalue weighted by Crippen LogP contribution is 2.32. The smallest absolute Gasteiger partial charge is 0.243 e. The molecule has 0 aliphatic rings. The van der Waals surface area contributed by atoms with Gasteiger partial charge in [0.1, 0.15) is 5.41 Å². The number of hydrogen-bond donors (Lipinski definition) is 0. The van der Waals surface area contributed by atoms with Crippen molar-refractivity contribution in [2.45, 2.75) is 46.1 Å². The highest BCUT2D eigenvalue weighted by atomic mass is 35.5. The van der Waals surface area contributed by atoms with Crippen LogP contribution in [0.5, 0.6) is 0 Å². The van der Waals surface area contributed by atoms with E-state index in [9.17, 15) is 10.1 Å². The number of nitrogens with zero attached hydrogens (tertiary/aromatic N) is 2. The van der Waals surface area contributed by atoms with E-state index < -0.39 is 5.41 Å². The van der Waals surface area contributed by atoms with Gasteiger partial charge < -0.3 is 4.90 Å². The normalized spacial score (nSPS) is 11.2. The summed E-state index contributed by atoms with van der Waals surface area (Å²) in [5.74, 6) is -0.0757. The molecule has 3 nitrogen and oxygen atoms in total. The molecule has 0 unspecified atom stereocenters. The van der Waals surface area contributed by atoms with Crippen LogP contribution in [0.1, 0.15) is 44.4 Å². The van der Waals surface area contributed by atoms with Crippen LogP contribution in [-0.4, -0.2) is 17.9 Å². The van der Waals surface area contributed by atoms with Gasteiger partial charge in [0.05, 0.1) is 17.0 Å². The van der Waals surface area contributed by atoms with E-state index in [0.717, 1.165) is 22.1 Å². The largest absolute Gasteiger partial charge is 0.339 e. The molecule has 0 fully saturated rings. The van der Waals surface area contributed by atoms with Crippen molar-refractivity contribution in [3.63, 3.8) is 0 Å². The molecule has 0 aliphatic carbocycles. The quantitative estimate of drug-likeness (QED) is 0.745. The Morgan fingerprint density at radius 3 is 2.40 bits per heavy atom. The van der Waals surface area contributed by atoms with E-state index in [1.54, 1.807) is 11.9 Å².